The predicted molar refractivity (Wildman–Crippen MR) is 97.6 cm³/mol. The van der Waals surface area contributed by atoms with Crippen molar-refractivity contribution in [3.05, 3.63) is 12.7 Å². The monoisotopic (exact) mass is 363 g/mol. The minimum Gasteiger partial charge on any atom is -0.396 e. The van der Waals surface area contributed by atoms with Crippen molar-refractivity contribution in [2.24, 2.45) is 11.7 Å². The molecule has 0 aromatic rings. The number of aliphatic hydroxyl groups is 2. The Bertz CT molecular complexity index is 304. The zero-order chi connectivity index (χ0) is 19.0. The number of nitrogens with two attached hydrogens (primary N) is 1. The molecule has 1 aliphatic heterocycles. The lowest BCUT2D eigenvalue weighted by atomic mass is 9.86. The van der Waals surface area contributed by atoms with Gasteiger partial charge in [0.05, 0.1) is 58.0 Å². The Kier molecular flexibility index (Phi) is 15.4. The molecule has 25 heavy (non-hydrogen) atoms. The summed E-state index contributed by atoms with van der Waals surface area (Å²) in [5.41, 5.74) is 5.11. The van der Waals surface area contributed by atoms with Crippen LogP contribution in [0.2, 0.25) is 0 Å². The summed E-state index contributed by atoms with van der Waals surface area (Å²) < 4.78 is 20.9. The lowest BCUT2D eigenvalue weighted by molar-refractivity contribution is -0.112. The molecule has 7 nitrogen and oxygen atoms in total. The van der Waals surface area contributed by atoms with E-state index in [1.165, 1.54) is 0 Å². The van der Waals surface area contributed by atoms with Crippen LogP contribution in [0.3, 0.4) is 0 Å². The number of aliphatic hydroxyl groups excluding tert-OH is 2. The summed E-state index contributed by atoms with van der Waals surface area (Å²) in [7, 11) is 0. The fourth-order valence-electron chi connectivity index (χ4n) is 2.59. The molecule has 0 saturated carbocycles. The largest absolute Gasteiger partial charge is 0.396 e. The Hall–Kier alpha value is -0.540. The maximum Gasteiger partial charge on any atom is 0.0764 e. The molecule has 0 radical (unpaired) electrons. The Morgan fingerprint density at radius 2 is 1.64 bits per heavy atom. The van der Waals surface area contributed by atoms with Crippen LogP contribution in [0, 0.1) is 5.92 Å². The van der Waals surface area contributed by atoms with Crippen LogP contribution >= 0.6 is 0 Å². The Morgan fingerprint density at radius 3 is 2.12 bits per heavy atom. The van der Waals surface area contributed by atoms with E-state index in [0.29, 0.717) is 52.1 Å². The molecule has 0 spiro atoms. The highest BCUT2D eigenvalue weighted by Crippen LogP contribution is 2.32. The lowest BCUT2D eigenvalue weighted by Crippen LogP contribution is -2.39. The zero-order valence-corrected chi connectivity index (χ0v) is 15.8. The van der Waals surface area contributed by atoms with Crippen molar-refractivity contribution < 1.29 is 29.2 Å². The van der Waals surface area contributed by atoms with E-state index in [2.05, 4.69) is 20.4 Å². The minimum absolute atomic E-state index is 0.0552. The first-order valence-corrected chi connectivity index (χ1v) is 8.94. The van der Waals surface area contributed by atoms with E-state index in [0.717, 1.165) is 12.8 Å². The van der Waals surface area contributed by atoms with Gasteiger partial charge < -0.3 is 34.9 Å². The van der Waals surface area contributed by atoms with Crippen molar-refractivity contribution in [3.63, 3.8) is 0 Å². The average Bonchev–Trinajstić information content (AvgIpc) is 2.59. The van der Waals surface area contributed by atoms with Gasteiger partial charge in [0.1, 0.15) is 0 Å². The van der Waals surface area contributed by atoms with Gasteiger partial charge in [-0.15, -0.1) is 6.58 Å². The van der Waals surface area contributed by atoms with Crippen molar-refractivity contribution >= 4 is 0 Å². The van der Waals surface area contributed by atoms with Gasteiger partial charge in [0.25, 0.3) is 0 Å². The second-order valence-corrected chi connectivity index (χ2v) is 6.49. The third-order valence-corrected chi connectivity index (χ3v) is 3.58. The summed E-state index contributed by atoms with van der Waals surface area (Å²) in [5.74, 6) is 0.372. The van der Waals surface area contributed by atoms with Crippen LogP contribution in [0.5, 0.6) is 0 Å². The van der Waals surface area contributed by atoms with Crippen LogP contribution in [0.1, 0.15) is 26.7 Å². The van der Waals surface area contributed by atoms with Gasteiger partial charge in [-0.3, -0.25) is 0 Å². The summed E-state index contributed by atoms with van der Waals surface area (Å²) in [6, 6.07) is 0. The molecular weight excluding hydrogens is 326 g/mol. The Labute approximate surface area is 152 Å². The quantitative estimate of drug-likeness (QED) is 0.347. The second kappa shape index (κ2) is 15.7. The molecular formula is C18H37NO6. The van der Waals surface area contributed by atoms with Gasteiger partial charge in [-0.1, -0.05) is 6.08 Å². The second-order valence-electron chi connectivity index (χ2n) is 6.49. The van der Waals surface area contributed by atoms with E-state index < -0.39 is 0 Å². The van der Waals surface area contributed by atoms with Crippen molar-refractivity contribution in [2.75, 3.05) is 59.4 Å². The van der Waals surface area contributed by atoms with E-state index in [1.54, 1.807) is 0 Å². The third kappa shape index (κ3) is 14.3. The molecule has 150 valence electrons. The molecule has 4 N–H and O–H groups in total. The fourth-order valence-corrected chi connectivity index (χ4v) is 2.59. The number of rotatable bonds is 12. The Balaban J connectivity index is 0.000000462. The van der Waals surface area contributed by atoms with Gasteiger partial charge in [0.15, 0.2) is 0 Å². The van der Waals surface area contributed by atoms with Crippen molar-refractivity contribution in [1.82, 2.24) is 0 Å². The summed E-state index contributed by atoms with van der Waals surface area (Å²) in [6.07, 6.45) is 3.78. The van der Waals surface area contributed by atoms with Gasteiger partial charge >= 0.3 is 0 Å². The molecule has 0 aliphatic carbocycles. The lowest BCUT2D eigenvalue weighted by Gasteiger charge is -2.38. The smallest absolute Gasteiger partial charge is 0.0764 e. The third-order valence-electron chi connectivity index (χ3n) is 3.58. The van der Waals surface area contributed by atoms with E-state index in [1.807, 2.05) is 6.08 Å². The number of hydrogen-bond donors (Lipinski definition) is 3. The van der Waals surface area contributed by atoms with Crippen LogP contribution in [0.4, 0.5) is 0 Å². The molecule has 2 unspecified atom stereocenters. The average molecular weight is 363 g/mol. The SMILES string of the molecule is C=CC1CC(CO)CC(C)(C)O1.NCCOCCOCCOCCO. The predicted octanol–water partition coefficient (Wildman–Crippen LogP) is 0.726. The molecule has 1 aliphatic rings. The van der Waals surface area contributed by atoms with E-state index in [4.69, 9.17) is 34.9 Å². The van der Waals surface area contributed by atoms with Gasteiger partial charge in [0, 0.05) is 13.2 Å². The molecule has 1 heterocycles. The standard InChI is InChI=1S/C10H18O2.C8H19NO4/c1-4-9-5-8(7-11)6-10(2,3)12-9;9-1-3-11-5-7-13-8-6-12-4-2-10/h4,8-9,11H,1,5-7H2,2-3H3;10H,1-9H2. The van der Waals surface area contributed by atoms with Crippen molar-refractivity contribution in [2.45, 2.75) is 38.4 Å². The van der Waals surface area contributed by atoms with Crippen molar-refractivity contribution in [1.29, 1.82) is 0 Å². The first kappa shape index (κ1) is 24.5. The highest BCUT2D eigenvalue weighted by Gasteiger charge is 2.32. The van der Waals surface area contributed by atoms with Gasteiger partial charge in [-0.25, -0.2) is 0 Å². The Morgan fingerprint density at radius 1 is 1.08 bits per heavy atom. The summed E-state index contributed by atoms with van der Waals surface area (Å²) in [4.78, 5) is 0. The van der Waals surface area contributed by atoms with Gasteiger partial charge in [-0.05, 0) is 32.6 Å². The van der Waals surface area contributed by atoms with E-state index >= 15 is 0 Å². The molecule has 0 bridgehead atoms. The van der Waals surface area contributed by atoms with E-state index in [-0.39, 0.29) is 24.9 Å². The summed E-state index contributed by atoms with van der Waals surface area (Å²) in [6.45, 7) is 11.8. The number of ether oxygens (including phenoxy) is 4. The van der Waals surface area contributed by atoms with Crippen molar-refractivity contribution in [3.8, 4) is 0 Å². The highest BCUT2D eigenvalue weighted by atomic mass is 16.5. The van der Waals surface area contributed by atoms with Gasteiger partial charge in [0.2, 0.25) is 0 Å². The molecule has 0 amide bonds. The maximum atomic E-state index is 9.05. The molecule has 7 heteroatoms. The molecule has 0 aromatic heterocycles. The van der Waals surface area contributed by atoms with Crippen LogP contribution in [-0.4, -0.2) is 81.3 Å². The van der Waals surface area contributed by atoms with Gasteiger partial charge in [-0.2, -0.15) is 0 Å². The normalized spacial score (nSPS) is 22.1. The first-order valence-electron chi connectivity index (χ1n) is 8.94. The zero-order valence-electron chi connectivity index (χ0n) is 15.8. The topological polar surface area (TPSA) is 103 Å². The van der Waals surface area contributed by atoms with Crippen LogP contribution in [0.25, 0.3) is 0 Å². The first-order chi connectivity index (χ1) is 12.0. The molecule has 0 aromatic carbocycles. The van der Waals surface area contributed by atoms with E-state index in [9.17, 15) is 0 Å². The van der Waals surface area contributed by atoms with Crippen LogP contribution < -0.4 is 5.73 Å². The summed E-state index contributed by atoms with van der Waals surface area (Å²) >= 11 is 0. The molecule has 1 fully saturated rings. The molecule has 2 atom stereocenters. The molecule has 1 saturated heterocycles. The maximum absolute atomic E-state index is 9.05. The summed E-state index contributed by atoms with van der Waals surface area (Å²) in [5, 5.41) is 17.4. The molecule has 1 rings (SSSR count). The highest BCUT2D eigenvalue weighted by molar-refractivity contribution is 4.91. The van der Waals surface area contributed by atoms with Crippen LogP contribution in [0.15, 0.2) is 12.7 Å². The number of hydrogen-bond acceptors (Lipinski definition) is 7. The fraction of sp³-hybridized carbons (Fsp3) is 0.889. The van der Waals surface area contributed by atoms with Crippen LogP contribution in [-0.2, 0) is 18.9 Å². The minimum atomic E-state index is -0.107.